The van der Waals surface area contributed by atoms with E-state index in [1.807, 2.05) is 59.4 Å². The Bertz CT molecular complexity index is 1160. The van der Waals surface area contributed by atoms with Crippen molar-refractivity contribution in [3.8, 4) is 0 Å². The van der Waals surface area contributed by atoms with Crippen LogP contribution in [-0.2, 0) is 24.4 Å². The van der Waals surface area contributed by atoms with Gasteiger partial charge in [-0.2, -0.15) is 5.10 Å². The molecule has 28 heavy (non-hydrogen) atoms. The molecule has 2 aromatic heterocycles. The molecule has 7 nitrogen and oxygen atoms in total. The van der Waals surface area contributed by atoms with Crippen molar-refractivity contribution in [3.63, 3.8) is 0 Å². The average molecular weight is 373 g/mol. The second-order valence-corrected chi connectivity index (χ2v) is 6.42. The third-order valence-corrected chi connectivity index (χ3v) is 4.54. The number of nitrogens with one attached hydrogen (secondary N) is 1. The first-order chi connectivity index (χ1) is 13.7. The fourth-order valence-corrected chi connectivity index (χ4v) is 3.12. The molecular formula is C21H19N5O2. The van der Waals surface area contributed by atoms with E-state index in [1.165, 1.54) is 10.8 Å². The van der Waals surface area contributed by atoms with Crippen LogP contribution < -0.4 is 10.9 Å². The monoisotopic (exact) mass is 373 g/mol. The summed E-state index contributed by atoms with van der Waals surface area (Å²) in [7, 11) is 0. The van der Waals surface area contributed by atoms with Crippen molar-refractivity contribution in [3.05, 3.63) is 94.7 Å². The van der Waals surface area contributed by atoms with Crippen molar-refractivity contribution < 1.29 is 4.79 Å². The molecule has 0 atom stereocenters. The van der Waals surface area contributed by atoms with Crippen LogP contribution in [0, 0.1) is 0 Å². The number of hydrogen-bond donors (Lipinski definition) is 1. The van der Waals surface area contributed by atoms with Crippen molar-refractivity contribution in [2.45, 2.75) is 19.6 Å². The summed E-state index contributed by atoms with van der Waals surface area (Å²) in [5.41, 5.74) is 3.12. The highest BCUT2D eigenvalue weighted by atomic mass is 16.2. The van der Waals surface area contributed by atoms with E-state index < -0.39 is 0 Å². The van der Waals surface area contributed by atoms with Gasteiger partial charge in [0.1, 0.15) is 6.54 Å². The molecule has 140 valence electrons. The van der Waals surface area contributed by atoms with Gasteiger partial charge in [-0.1, -0.05) is 36.4 Å². The van der Waals surface area contributed by atoms with E-state index in [9.17, 15) is 9.59 Å². The van der Waals surface area contributed by atoms with E-state index in [-0.39, 0.29) is 18.0 Å². The molecule has 1 N–H and O–H groups in total. The Hall–Kier alpha value is -3.74. The zero-order chi connectivity index (χ0) is 19.3. The number of aromatic nitrogens is 4. The lowest BCUT2D eigenvalue weighted by atomic mass is 10.1. The molecule has 0 spiro atoms. The van der Waals surface area contributed by atoms with E-state index in [4.69, 9.17) is 0 Å². The van der Waals surface area contributed by atoms with E-state index in [0.29, 0.717) is 24.1 Å². The van der Waals surface area contributed by atoms with Gasteiger partial charge in [0.25, 0.3) is 5.56 Å². The normalized spacial score (nSPS) is 10.9. The second kappa shape index (κ2) is 7.87. The zero-order valence-electron chi connectivity index (χ0n) is 15.2. The lowest BCUT2D eigenvalue weighted by Crippen LogP contribution is -2.32. The molecule has 0 unspecified atom stereocenters. The van der Waals surface area contributed by atoms with Gasteiger partial charge in [0.2, 0.25) is 5.91 Å². The number of carbonyl (C=O) groups is 1. The fraction of sp³-hybridized carbons (Fsp3) is 0.143. The molecule has 0 radical (unpaired) electrons. The summed E-state index contributed by atoms with van der Waals surface area (Å²) in [5, 5.41) is 7.14. The number of fused-ring (bicyclic) bond motifs is 1. The van der Waals surface area contributed by atoms with Crippen LogP contribution in [0.2, 0.25) is 0 Å². The van der Waals surface area contributed by atoms with E-state index >= 15 is 0 Å². The van der Waals surface area contributed by atoms with Gasteiger partial charge in [0, 0.05) is 18.9 Å². The van der Waals surface area contributed by atoms with Gasteiger partial charge in [-0.15, -0.1) is 0 Å². The van der Waals surface area contributed by atoms with E-state index in [1.54, 1.807) is 12.3 Å². The van der Waals surface area contributed by atoms with Gasteiger partial charge in [-0.25, -0.2) is 4.98 Å². The van der Waals surface area contributed by atoms with Crippen molar-refractivity contribution in [2.24, 2.45) is 0 Å². The van der Waals surface area contributed by atoms with Crippen molar-refractivity contribution in [1.82, 2.24) is 24.6 Å². The first kappa shape index (κ1) is 17.7. The second-order valence-electron chi connectivity index (χ2n) is 6.42. The maximum Gasteiger partial charge on any atom is 0.269 e. The van der Waals surface area contributed by atoms with Crippen LogP contribution in [0.25, 0.3) is 11.0 Å². The highest BCUT2D eigenvalue weighted by Gasteiger charge is 2.10. The first-order valence-electron chi connectivity index (χ1n) is 8.96. The van der Waals surface area contributed by atoms with Crippen LogP contribution in [0.15, 0.2) is 78.0 Å². The van der Waals surface area contributed by atoms with Crippen LogP contribution in [0.1, 0.15) is 11.1 Å². The number of amides is 1. The summed E-state index contributed by atoms with van der Waals surface area (Å²) in [6.07, 6.45) is 4.88. The minimum Gasteiger partial charge on any atom is -0.350 e. The molecule has 4 aromatic rings. The van der Waals surface area contributed by atoms with E-state index in [2.05, 4.69) is 15.4 Å². The van der Waals surface area contributed by atoms with Crippen molar-refractivity contribution in [1.29, 1.82) is 0 Å². The maximum absolute atomic E-state index is 12.5. The Kier molecular flexibility index (Phi) is 4.97. The highest BCUT2D eigenvalue weighted by molar-refractivity contribution is 5.79. The SMILES string of the molecule is O=C(Cn1c(=O)cnc2ccccc21)NCc1ccccc1Cn1cccn1. The largest absolute Gasteiger partial charge is 0.350 e. The van der Waals surface area contributed by atoms with E-state index in [0.717, 1.165) is 11.1 Å². The number of para-hydroxylation sites is 2. The molecule has 7 heteroatoms. The standard InChI is InChI=1S/C21H19N5O2/c27-20(15-26-19-9-4-3-8-18(19)22-13-21(26)28)23-12-16-6-1-2-7-17(16)14-25-11-5-10-24-25/h1-11,13H,12,14-15H2,(H,23,27). The maximum atomic E-state index is 12.5. The summed E-state index contributed by atoms with van der Waals surface area (Å²) in [4.78, 5) is 28.8. The molecule has 0 fully saturated rings. The van der Waals surface area contributed by atoms with Crippen LogP contribution in [0.4, 0.5) is 0 Å². The Morgan fingerprint density at radius 2 is 1.79 bits per heavy atom. The third-order valence-electron chi connectivity index (χ3n) is 4.54. The molecule has 0 aliphatic rings. The molecule has 0 aliphatic heterocycles. The smallest absolute Gasteiger partial charge is 0.269 e. The van der Waals surface area contributed by atoms with Gasteiger partial charge in [0.05, 0.1) is 23.8 Å². The number of carbonyl (C=O) groups excluding carboxylic acids is 1. The Balaban J connectivity index is 1.48. The molecule has 1 amide bonds. The molecule has 0 saturated heterocycles. The van der Waals surface area contributed by atoms with Crippen molar-refractivity contribution >= 4 is 16.9 Å². The van der Waals surface area contributed by atoms with Gasteiger partial charge in [-0.05, 0) is 29.3 Å². The summed E-state index contributed by atoms with van der Waals surface area (Å²) in [6.45, 7) is 0.963. The van der Waals surface area contributed by atoms with Crippen LogP contribution in [0.3, 0.4) is 0 Å². The summed E-state index contributed by atoms with van der Waals surface area (Å²) >= 11 is 0. The molecule has 2 heterocycles. The predicted octanol–water partition coefficient (Wildman–Crippen LogP) is 1.96. The Morgan fingerprint density at radius 3 is 2.61 bits per heavy atom. The zero-order valence-corrected chi connectivity index (χ0v) is 15.2. The van der Waals surface area contributed by atoms with Gasteiger partial charge >= 0.3 is 0 Å². The fourth-order valence-electron chi connectivity index (χ4n) is 3.12. The minimum atomic E-state index is -0.298. The molecule has 4 rings (SSSR count). The third kappa shape index (κ3) is 3.83. The lowest BCUT2D eigenvalue weighted by molar-refractivity contribution is -0.121. The summed E-state index contributed by atoms with van der Waals surface area (Å²) in [6, 6.07) is 17.1. The Labute approximate surface area is 161 Å². The molecule has 0 saturated carbocycles. The molecular weight excluding hydrogens is 354 g/mol. The first-order valence-corrected chi connectivity index (χ1v) is 8.96. The number of nitrogens with zero attached hydrogens (tertiary/aromatic N) is 4. The number of rotatable bonds is 6. The minimum absolute atomic E-state index is 0.0524. The molecule has 0 bridgehead atoms. The van der Waals surface area contributed by atoms with Crippen molar-refractivity contribution in [2.75, 3.05) is 0 Å². The molecule has 2 aromatic carbocycles. The molecule has 0 aliphatic carbocycles. The van der Waals surface area contributed by atoms with Crippen LogP contribution >= 0.6 is 0 Å². The summed E-state index contributed by atoms with van der Waals surface area (Å²) in [5.74, 6) is -0.229. The van der Waals surface area contributed by atoms with Gasteiger partial charge < -0.3 is 5.32 Å². The van der Waals surface area contributed by atoms with Crippen LogP contribution in [0.5, 0.6) is 0 Å². The number of benzene rings is 2. The Morgan fingerprint density at radius 1 is 1.00 bits per heavy atom. The van der Waals surface area contributed by atoms with Gasteiger partial charge in [0.15, 0.2) is 0 Å². The summed E-state index contributed by atoms with van der Waals surface area (Å²) < 4.78 is 3.27. The van der Waals surface area contributed by atoms with Gasteiger partial charge in [-0.3, -0.25) is 18.8 Å². The average Bonchev–Trinajstić information content (AvgIpc) is 3.23. The lowest BCUT2D eigenvalue weighted by Gasteiger charge is -2.12. The topological polar surface area (TPSA) is 81.8 Å². The number of hydrogen-bond acceptors (Lipinski definition) is 4. The highest BCUT2D eigenvalue weighted by Crippen LogP contribution is 2.11. The quantitative estimate of drug-likeness (QED) is 0.560. The predicted molar refractivity (Wildman–Crippen MR) is 106 cm³/mol. The van der Waals surface area contributed by atoms with Crippen LogP contribution in [-0.4, -0.2) is 25.2 Å².